The maximum absolute atomic E-state index is 13.3. The SMILES string of the molecule is CCOc1ccc(C2=CC(N)=C3C(=O)C(c4ccc(OCC)cc4)=CC(N)=C3C2=O)cc1. The Kier molecular flexibility index (Phi) is 5.69. The van der Waals surface area contributed by atoms with E-state index in [9.17, 15) is 9.59 Å². The molecule has 0 heterocycles. The molecule has 162 valence electrons. The largest absolute Gasteiger partial charge is 0.494 e. The molecule has 32 heavy (non-hydrogen) atoms. The van der Waals surface area contributed by atoms with Gasteiger partial charge in [-0.3, -0.25) is 9.59 Å². The van der Waals surface area contributed by atoms with Gasteiger partial charge in [0.2, 0.25) is 0 Å². The highest BCUT2D eigenvalue weighted by molar-refractivity contribution is 6.42. The minimum atomic E-state index is -0.328. The normalized spacial score (nSPS) is 15.9. The van der Waals surface area contributed by atoms with Gasteiger partial charge in [-0.2, -0.15) is 0 Å². The molecule has 0 aromatic heterocycles. The van der Waals surface area contributed by atoms with E-state index in [4.69, 9.17) is 20.9 Å². The monoisotopic (exact) mass is 428 g/mol. The van der Waals surface area contributed by atoms with Gasteiger partial charge in [-0.1, -0.05) is 24.3 Å². The summed E-state index contributed by atoms with van der Waals surface area (Å²) in [5.41, 5.74) is 15.4. The van der Waals surface area contributed by atoms with E-state index in [0.717, 1.165) is 0 Å². The molecular weight excluding hydrogens is 404 g/mol. The van der Waals surface area contributed by atoms with Crippen molar-refractivity contribution in [2.75, 3.05) is 13.2 Å². The van der Waals surface area contributed by atoms with E-state index in [1.54, 1.807) is 60.7 Å². The standard InChI is InChI=1S/C26H24N2O4/c1-3-31-17-9-5-15(6-10-17)19-13-21(27)24-23(25(19)29)22(28)14-20(26(24)30)16-7-11-18(12-8-16)32-4-2/h5-14H,3-4,27-28H2,1-2H3. The van der Waals surface area contributed by atoms with Crippen LogP contribution in [0.15, 0.2) is 83.2 Å². The van der Waals surface area contributed by atoms with Crippen molar-refractivity contribution < 1.29 is 19.1 Å². The Morgan fingerprint density at radius 1 is 0.625 bits per heavy atom. The number of allylic oxidation sites excluding steroid dienone is 6. The van der Waals surface area contributed by atoms with Crippen LogP contribution in [0, 0.1) is 0 Å². The maximum atomic E-state index is 13.3. The third-order valence-electron chi connectivity index (χ3n) is 5.32. The van der Waals surface area contributed by atoms with Crippen LogP contribution in [0.5, 0.6) is 11.5 Å². The summed E-state index contributed by atoms with van der Waals surface area (Å²) in [6.45, 7) is 4.90. The van der Waals surface area contributed by atoms with Crippen LogP contribution in [0.25, 0.3) is 11.1 Å². The highest BCUT2D eigenvalue weighted by atomic mass is 16.5. The van der Waals surface area contributed by atoms with Crippen molar-refractivity contribution in [2.45, 2.75) is 13.8 Å². The van der Waals surface area contributed by atoms with Crippen LogP contribution in [0.3, 0.4) is 0 Å². The molecule has 0 bridgehead atoms. The van der Waals surface area contributed by atoms with Gasteiger partial charge in [0.15, 0.2) is 11.6 Å². The molecule has 0 fully saturated rings. The Morgan fingerprint density at radius 2 is 0.969 bits per heavy atom. The summed E-state index contributed by atoms with van der Waals surface area (Å²) in [6, 6.07) is 14.3. The van der Waals surface area contributed by atoms with Crippen molar-refractivity contribution in [3.05, 3.63) is 94.4 Å². The van der Waals surface area contributed by atoms with Crippen molar-refractivity contribution in [1.82, 2.24) is 0 Å². The summed E-state index contributed by atoms with van der Waals surface area (Å²) in [7, 11) is 0. The van der Waals surface area contributed by atoms with Crippen LogP contribution in [-0.2, 0) is 9.59 Å². The van der Waals surface area contributed by atoms with Gasteiger partial charge in [0.05, 0.1) is 24.4 Å². The molecule has 2 aromatic rings. The smallest absolute Gasteiger partial charge is 0.196 e. The third-order valence-corrected chi connectivity index (χ3v) is 5.32. The van der Waals surface area contributed by atoms with Crippen molar-refractivity contribution in [3.63, 3.8) is 0 Å². The zero-order chi connectivity index (χ0) is 22.8. The number of carbonyl (C=O) groups excluding carboxylic acids is 2. The Balaban J connectivity index is 1.73. The number of hydrogen-bond donors (Lipinski definition) is 2. The van der Waals surface area contributed by atoms with Crippen molar-refractivity contribution in [1.29, 1.82) is 0 Å². The Labute approximate surface area is 186 Å². The number of Topliss-reactive ketones (excluding diaryl/α,β-unsaturated/α-hetero) is 2. The first-order valence-electron chi connectivity index (χ1n) is 10.4. The average Bonchev–Trinajstić information content (AvgIpc) is 2.79. The molecule has 6 nitrogen and oxygen atoms in total. The molecule has 0 saturated carbocycles. The van der Waals surface area contributed by atoms with E-state index in [2.05, 4.69) is 0 Å². The van der Waals surface area contributed by atoms with Crippen LogP contribution >= 0.6 is 0 Å². The van der Waals surface area contributed by atoms with Crippen LogP contribution in [0.4, 0.5) is 0 Å². The number of rotatable bonds is 6. The second-order valence-corrected chi connectivity index (χ2v) is 7.35. The second-order valence-electron chi connectivity index (χ2n) is 7.35. The number of carbonyl (C=O) groups is 2. The molecule has 2 aliphatic carbocycles. The Morgan fingerprint density at radius 3 is 1.28 bits per heavy atom. The van der Waals surface area contributed by atoms with E-state index in [1.807, 2.05) is 13.8 Å². The zero-order valence-electron chi connectivity index (χ0n) is 18.0. The van der Waals surface area contributed by atoms with Gasteiger partial charge in [0.25, 0.3) is 0 Å². The number of benzene rings is 2. The van der Waals surface area contributed by atoms with E-state index in [1.165, 1.54) is 0 Å². The third kappa shape index (κ3) is 3.71. The fraction of sp³-hybridized carbons (Fsp3) is 0.154. The molecule has 2 aliphatic rings. The van der Waals surface area contributed by atoms with Gasteiger partial charge in [-0.05, 0) is 61.4 Å². The predicted octanol–water partition coefficient (Wildman–Crippen LogP) is 3.54. The molecule has 6 heteroatoms. The zero-order valence-corrected chi connectivity index (χ0v) is 18.0. The topological polar surface area (TPSA) is 105 Å². The van der Waals surface area contributed by atoms with Crippen molar-refractivity contribution in [3.8, 4) is 11.5 Å². The van der Waals surface area contributed by atoms with Crippen LogP contribution in [-0.4, -0.2) is 24.8 Å². The molecule has 0 saturated heterocycles. The van der Waals surface area contributed by atoms with Gasteiger partial charge >= 0.3 is 0 Å². The minimum absolute atomic E-state index is 0.147. The van der Waals surface area contributed by atoms with Gasteiger partial charge in [-0.15, -0.1) is 0 Å². The summed E-state index contributed by atoms with van der Waals surface area (Å²) in [4.78, 5) is 26.6. The number of ether oxygens (including phenoxy) is 2. The van der Waals surface area contributed by atoms with Crippen LogP contribution in [0.2, 0.25) is 0 Å². The maximum Gasteiger partial charge on any atom is 0.196 e. The van der Waals surface area contributed by atoms with Gasteiger partial charge < -0.3 is 20.9 Å². The summed E-state index contributed by atoms with van der Waals surface area (Å²) in [5, 5.41) is 0. The number of hydrogen-bond acceptors (Lipinski definition) is 6. The molecule has 2 aromatic carbocycles. The Bertz CT molecular complexity index is 1120. The van der Waals surface area contributed by atoms with Gasteiger partial charge in [-0.25, -0.2) is 0 Å². The first kappa shape index (κ1) is 21.2. The molecule has 0 amide bonds. The van der Waals surface area contributed by atoms with E-state index >= 15 is 0 Å². The molecule has 0 atom stereocenters. The molecule has 4 rings (SSSR count). The molecule has 0 radical (unpaired) electrons. The molecule has 0 unspecified atom stereocenters. The average molecular weight is 428 g/mol. The predicted molar refractivity (Wildman–Crippen MR) is 124 cm³/mol. The van der Waals surface area contributed by atoms with E-state index in [0.29, 0.717) is 47.0 Å². The lowest BCUT2D eigenvalue weighted by atomic mass is 9.78. The highest BCUT2D eigenvalue weighted by Gasteiger charge is 2.36. The van der Waals surface area contributed by atoms with Crippen LogP contribution < -0.4 is 20.9 Å². The second kappa shape index (κ2) is 8.59. The Hall–Kier alpha value is -4.06. The summed E-state index contributed by atoms with van der Waals surface area (Å²) < 4.78 is 10.9. The van der Waals surface area contributed by atoms with E-state index < -0.39 is 0 Å². The first-order chi connectivity index (χ1) is 15.4. The quantitative estimate of drug-likeness (QED) is 0.729. The van der Waals surface area contributed by atoms with Gasteiger partial charge in [0, 0.05) is 22.5 Å². The molecule has 0 spiro atoms. The minimum Gasteiger partial charge on any atom is -0.494 e. The molecular formula is C26H24N2O4. The number of fused-ring (bicyclic) bond motifs is 1. The van der Waals surface area contributed by atoms with Crippen molar-refractivity contribution >= 4 is 22.7 Å². The highest BCUT2D eigenvalue weighted by Crippen LogP contribution is 2.38. The lowest BCUT2D eigenvalue weighted by Gasteiger charge is -2.25. The van der Waals surface area contributed by atoms with Gasteiger partial charge in [0.1, 0.15) is 11.5 Å². The molecule has 4 N–H and O–H groups in total. The summed E-state index contributed by atoms with van der Waals surface area (Å²) in [6.07, 6.45) is 3.09. The fourth-order valence-electron chi connectivity index (χ4n) is 3.86. The van der Waals surface area contributed by atoms with Crippen molar-refractivity contribution in [2.24, 2.45) is 11.5 Å². The van der Waals surface area contributed by atoms with E-state index in [-0.39, 0.29) is 34.1 Å². The molecule has 0 aliphatic heterocycles. The lowest BCUT2D eigenvalue weighted by molar-refractivity contribution is -0.113. The fourth-order valence-corrected chi connectivity index (χ4v) is 3.86. The number of ketones is 2. The van der Waals surface area contributed by atoms with Crippen LogP contribution in [0.1, 0.15) is 25.0 Å². The number of nitrogens with two attached hydrogens (primary N) is 2. The first-order valence-corrected chi connectivity index (χ1v) is 10.4. The summed E-state index contributed by atoms with van der Waals surface area (Å²) in [5.74, 6) is 0.759. The lowest BCUT2D eigenvalue weighted by Crippen LogP contribution is -2.28. The summed E-state index contributed by atoms with van der Waals surface area (Å²) >= 11 is 0.